The van der Waals surface area contributed by atoms with Gasteiger partial charge in [-0.05, 0) is 77.6 Å². The van der Waals surface area contributed by atoms with Crippen molar-refractivity contribution < 1.29 is 19.5 Å². The molecular weight excluding hydrogens is 568 g/mol. The number of fused-ring (bicyclic) bond motifs is 1. The lowest BCUT2D eigenvalue weighted by atomic mass is 9.84. The van der Waals surface area contributed by atoms with Crippen LogP contribution in [0.15, 0.2) is 66.7 Å². The topological polar surface area (TPSA) is 166 Å². The summed E-state index contributed by atoms with van der Waals surface area (Å²) in [6.45, 7) is 0.232. The number of aromatic nitrogens is 5. The van der Waals surface area contributed by atoms with Gasteiger partial charge >= 0.3 is 12.0 Å². The number of nitrogens with one attached hydrogen (secondary N) is 3. The van der Waals surface area contributed by atoms with Crippen LogP contribution in [-0.2, 0) is 6.54 Å². The van der Waals surface area contributed by atoms with Gasteiger partial charge in [-0.3, -0.25) is 20.3 Å². The second kappa shape index (κ2) is 12.4. The third kappa shape index (κ3) is 6.51. The predicted molar refractivity (Wildman–Crippen MR) is 163 cm³/mol. The van der Waals surface area contributed by atoms with Gasteiger partial charge in [-0.1, -0.05) is 60.0 Å². The molecule has 5 aromatic rings. The molecule has 6 rings (SSSR count). The molecule has 12 nitrogen and oxygen atoms in total. The van der Waals surface area contributed by atoms with Gasteiger partial charge in [-0.25, -0.2) is 14.6 Å². The number of carboxylic acids is 1. The number of urea groups is 1. The molecule has 0 spiro atoms. The molecule has 0 aliphatic heterocycles. The number of carboxylic acid groups (broad SMARTS) is 1. The Labute approximate surface area is 250 Å². The van der Waals surface area contributed by atoms with Gasteiger partial charge in [0.15, 0.2) is 5.13 Å². The van der Waals surface area contributed by atoms with Crippen molar-refractivity contribution in [3.05, 3.63) is 89.0 Å². The van der Waals surface area contributed by atoms with Crippen LogP contribution in [0.25, 0.3) is 10.2 Å². The third-order valence-corrected chi connectivity index (χ3v) is 8.44. The van der Waals surface area contributed by atoms with Gasteiger partial charge < -0.3 is 5.11 Å². The first kappa shape index (κ1) is 28.0. The van der Waals surface area contributed by atoms with E-state index < -0.39 is 5.97 Å². The van der Waals surface area contributed by atoms with Crippen molar-refractivity contribution in [2.45, 2.75) is 44.6 Å². The molecule has 0 saturated heterocycles. The molecule has 1 aliphatic carbocycles. The first-order valence-corrected chi connectivity index (χ1v) is 14.7. The van der Waals surface area contributed by atoms with Crippen molar-refractivity contribution in [1.29, 1.82) is 0 Å². The van der Waals surface area contributed by atoms with Crippen LogP contribution in [0.1, 0.15) is 69.9 Å². The third-order valence-electron chi connectivity index (χ3n) is 7.50. The summed E-state index contributed by atoms with van der Waals surface area (Å²) in [6.07, 6.45) is 6.11. The highest BCUT2D eigenvalue weighted by atomic mass is 32.1. The standard InChI is InChI=1S/C30H28N8O4S/c39-26(32-28-34-36-37-35-28)21-8-6-18(7-9-21)17-38(23-13-10-20(11-14-23)19-4-2-1-3-5-19)30(42)33-29-31-24-15-12-22(27(40)41)16-25(24)43-29/h6-16,19H,1-5,17H2,(H,40,41)(H,31,33,42)(H2,32,34,35,36,37,39). The number of anilines is 3. The molecule has 3 amide bonds. The molecule has 4 N–H and O–H groups in total. The van der Waals surface area contributed by atoms with Crippen molar-refractivity contribution in [3.63, 3.8) is 0 Å². The van der Waals surface area contributed by atoms with Crippen molar-refractivity contribution in [2.24, 2.45) is 0 Å². The molecule has 2 heterocycles. The molecule has 0 bridgehead atoms. The number of nitrogens with zero attached hydrogens (tertiary/aromatic N) is 5. The smallest absolute Gasteiger partial charge is 0.335 e. The maximum atomic E-state index is 13.7. The Morgan fingerprint density at radius 2 is 1.67 bits per heavy atom. The number of amides is 3. The number of rotatable bonds is 8. The van der Waals surface area contributed by atoms with E-state index in [1.54, 1.807) is 41.3 Å². The van der Waals surface area contributed by atoms with Gasteiger partial charge in [0.05, 0.1) is 22.3 Å². The Bertz CT molecular complexity index is 1750. The molecule has 0 radical (unpaired) electrons. The molecule has 1 fully saturated rings. The highest BCUT2D eigenvalue weighted by molar-refractivity contribution is 7.22. The van der Waals surface area contributed by atoms with Gasteiger partial charge in [0.2, 0.25) is 0 Å². The fourth-order valence-corrected chi connectivity index (χ4v) is 6.14. The number of benzene rings is 3. The van der Waals surface area contributed by atoms with Gasteiger partial charge in [-0.2, -0.15) is 5.21 Å². The Balaban J connectivity index is 1.23. The molecule has 0 unspecified atom stereocenters. The maximum Gasteiger partial charge on any atom is 0.335 e. The summed E-state index contributed by atoms with van der Waals surface area (Å²) < 4.78 is 0.660. The largest absolute Gasteiger partial charge is 0.478 e. The highest BCUT2D eigenvalue weighted by Crippen LogP contribution is 2.34. The monoisotopic (exact) mass is 596 g/mol. The quantitative estimate of drug-likeness (QED) is 0.168. The average Bonchev–Trinajstić information content (AvgIpc) is 3.69. The molecule has 13 heteroatoms. The highest BCUT2D eigenvalue weighted by Gasteiger charge is 2.21. The number of H-pyrrole nitrogens is 1. The number of aromatic amines is 1. The van der Waals surface area contributed by atoms with E-state index in [1.807, 2.05) is 12.1 Å². The zero-order chi connectivity index (χ0) is 29.8. The molecule has 0 atom stereocenters. The zero-order valence-corrected chi connectivity index (χ0v) is 23.8. The maximum absolute atomic E-state index is 13.7. The fourth-order valence-electron chi connectivity index (χ4n) is 5.25. The van der Waals surface area contributed by atoms with E-state index in [9.17, 15) is 19.5 Å². The number of hydrogen-bond donors (Lipinski definition) is 4. The Morgan fingerprint density at radius 1 is 0.930 bits per heavy atom. The second-order valence-electron chi connectivity index (χ2n) is 10.3. The number of thiazole rings is 1. The summed E-state index contributed by atoms with van der Waals surface area (Å²) in [6, 6.07) is 19.3. The first-order valence-electron chi connectivity index (χ1n) is 13.9. The minimum absolute atomic E-state index is 0.0719. The Hall–Kier alpha value is -5.17. The first-order chi connectivity index (χ1) is 20.9. The van der Waals surface area contributed by atoms with Gasteiger partial charge in [-0.15, -0.1) is 5.10 Å². The summed E-state index contributed by atoms with van der Waals surface area (Å²) >= 11 is 1.21. The van der Waals surface area contributed by atoms with E-state index in [0.717, 1.165) is 5.56 Å². The second-order valence-corrected chi connectivity index (χ2v) is 11.4. The van der Waals surface area contributed by atoms with E-state index in [0.29, 0.717) is 32.5 Å². The van der Waals surface area contributed by atoms with Crippen LogP contribution in [0.3, 0.4) is 0 Å². The summed E-state index contributed by atoms with van der Waals surface area (Å²) in [7, 11) is 0. The molecule has 43 heavy (non-hydrogen) atoms. The number of hydrogen-bond acceptors (Lipinski definition) is 8. The summed E-state index contributed by atoms with van der Waals surface area (Å²) in [5, 5.41) is 28.3. The molecule has 2 aromatic heterocycles. The predicted octanol–water partition coefficient (Wildman–Crippen LogP) is 6.05. The van der Waals surface area contributed by atoms with Crippen molar-refractivity contribution in [3.8, 4) is 0 Å². The summed E-state index contributed by atoms with van der Waals surface area (Å²) in [5.41, 5.74) is 3.95. The molecular formula is C30H28N8O4S. The number of carbonyl (C=O) groups is 3. The van der Waals surface area contributed by atoms with E-state index in [1.165, 1.54) is 55.1 Å². The lowest BCUT2D eigenvalue weighted by molar-refractivity contribution is 0.0696. The van der Waals surface area contributed by atoms with Crippen LogP contribution >= 0.6 is 11.3 Å². The normalized spacial score (nSPS) is 13.5. The lowest BCUT2D eigenvalue weighted by Gasteiger charge is -2.25. The summed E-state index contributed by atoms with van der Waals surface area (Å²) in [4.78, 5) is 43.7. The van der Waals surface area contributed by atoms with Gasteiger partial charge in [0, 0.05) is 11.3 Å². The van der Waals surface area contributed by atoms with Crippen LogP contribution in [0.2, 0.25) is 0 Å². The molecule has 1 saturated carbocycles. The van der Waals surface area contributed by atoms with Crippen LogP contribution in [-0.4, -0.2) is 48.6 Å². The molecule has 1 aliphatic rings. The van der Waals surface area contributed by atoms with Crippen LogP contribution in [0, 0.1) is 0 Å². The average molecular weight is 597 g/mol. The minimum Gasteiger partial charge on any atom is -0.478 e. The molecule has 3 aromatic carbocycles. The van der Waals surface area contributed by atoms with Crippen molar-refractivity contribution >= 4 is 56.2 Å². The molecule has 218 valence electrons. The van der Waals surface area contributed by atoms with E-state index in [4.69, 9.17) is 0 Å². The number of tetrazole rings is 1. The van der Waals surface area contributed by atoms with Gasteiger partial charge in [0.1, 0.15) is 0 Å². The Morgan fingerprint density at radius 3 is 2.37 bits per heavy atom. The Kier molecular flexibility index (Phi) is 8.05. The van der Waals surface area contributed by atoms with E-state index in [2.05, 4.69) is 48.4 Å². The van der Waals surface area contributed by atoms with Crippen molar-refractivity contribution in [2.75, 3.05) is 15.5 Å². The van der Waals surface area contributed by atoms with Gasteiger partial charge in [0.25, 0.3) is 11.9 Å². The zero-order valence-electron chi connectivity index (χ0n) is 23.0. The number of aromatic carboxylic acids is 1. The fraction of sp³-hybridized carbons (Fsp3) is 0.233. The van der Waals surface area contributed by atoms with Crippen LogP contribution < -0.4 is 15.5 Å². The van der Waals surface area contributed by atoms with Crippen LogP contribution in [0.5, 0.6) is 0 Å². The minimum atomic E-state index is -1.03. The van der Waals surface area contributed by atoms with Crippen LogP contribution in [0.4, 0.5) is 21.6 Å². The summed E-state index contributed by atoms with van der Waals surface area (Å²) in [5.74, 6) is -0.804. The lowest BCUT2D eigenvalue weighted by Crippen LogP contribution is -2.34. The number of carbonyl (C=O) groups excluding carboxylic acids is 2. The van der Waals surface area contributed by atoms with E-state index >= 15 is 0 Å². The van der Waals surface area contributed by atoms with E-state index in [-0.39, 0.29) is 30.0 Å². The SMILES string of the molecule is O=C(O)c1ccc2nc(NC(=O)N(Cc3ccc(C(=O)Nc4nn[nH]n4)cc3)c3ccc(C4CCCCC4)cc3)sc2c1. The van der Waals surface area contributed by atoms with Crippen molar-refractivity contribution in [1.82, 2.24) is 25.6 Å².